The Kier molecular flexibility index (Phi) is 11.1. The number of esters is 2. The van der Waals surface area contributed by atoms with Gasteiger partial charge in [-0.05, 0) is 26.7 Å². The maximum Gasteiger partial charge on any atom is 0.311 e. The first-order valence-electron chi connectivity index (χ1n) is 8.80. The van der Waals surface area contributed by atoms with Crippen molar-refractivity contribution in [3.63, 3.8) is 0 Å². The van der Waals surface area contributed by atoms with Crippen LogP contribution in [0.5, 0.6) is 0 Å². The molecule has 0 aliphatic rings. The van der Waals surface area contributed by atoms with E-state index >= 15 is 0 Å². The summed E-state index contributed by atoms with van der Waals surface area (Å²) < 4.78 is 10.3. The molecule has 0 amide bonds. The minimum absolute atomic E-state index is 0.128. The third-order valence-electron chi connectivity index (χ3n) is 4.11. The molecule has 1 atom stereocenters. The average Bonchev–Trinajstić information content (AvgIpc) is 2.52. The van der Waals surface area contributed by atoms with Crippen molar-refractivity contribution in [2.75, 3.05) is 13.2 Å². The van der Waals surface area contributed by atoms with Crippen LogP contribution in [0.25, 0.3) is 0 Å². The Morgan fingerprint density at radius 2 is 1.62 bits per heavy atom. The first kappa shape index (κ1) is 22.4. The maximum absolute atomic E-state index is 12.0. The molecule has 24 heavy (non-hydrogen) atoms. The van der Waals surface area contributed by atoms with Gasteiger partial charge in [0.2, 0.25) is 0 Å². The normalized spacial score (nSPS) is 12.5. The highest BCUT2D eigenvalue weighted by atomic mass is 16.5. The van der Waals surface area contributed by atoms with Crippen molar-refractivity contribution in [3.05, 3.63) is 0 Å². The van der Waals surface area contributed by atoms with E-state index in [-0.39, 0.29) is 25.6 Å². The van der Waals surface area contributed by atoms with Gasteiger partial charge in [0.15, 0.2) is 0 Å². The molecule has 1 N–H and O–H groups in total. The molecule has 1 unspecified atom stereocenters. The van der Waals surface area contributed by atoms with Crippen LogP contribution in [-0.4, -0.2) is 36.2 Å². The lowest BCUT2D eigenvalue weighted by Gasteiger charge is -2.20. The van der Waals surface area contributed by atoms with Crippen molar-refractivity contribution < 1.29 is 29.0 Å². The number of carboxylic acid groups (broad SMARTS) is 1. The summed E-state index contributed by atoms with van der Waals surface area (Å²) in [5.74, 6) is -2.34. The number of rotatable bonds is 13. The fourth-order valence-corrected chi connectivity index (χ4v) is 2.01. The number of hydrogen-bond donors (Lipinski definition) is 1. The Hall–Kier alpha value is -1.59. The second-order valence-corrected chi connectivity index (χ2v) is 6.68. The van der Waals surface area contributed by atoms with Gasteiger partial charge in [-0.15, -0.1) is 0 Å². The second kappa shape index (κ2) is 11.9. The monoisotopic (exact) mass is 344 g/mol. The highest BCUT2D eigenvalue weighted by molar-refractivity contribution is 5.79. The summed E-state index contributed by atoms with van der Waals surface area (Å²) in [6, 6.07) is 0. The van der Waals surface area contributed by atoms with E-state index in [0.29, 0.717) is 19.3 Å². The average molecular weight is 344 g/mol. The minimum Gasteiger partial charge on any atom is -0.481 e. The quantitative estimate of drug-likeness (QED) is 0.406. The first-order chi connectivity index (χ1) is 11.2. The molecule has 6 heteroatoms. The lowest BCUT2D eigenvalue weighted by Crippen LogP contribution is -2.26. The molecule has 0 aliphatic heterocycles. The molecule has 0 saturated heterocycles. The van der Waals surface area contributed by atoms with E-state index in [1.165, 1.54) is 0 Å². The molecule has 0 spiro atoms. The van der Waals surface area contributed by atoms with Gasteiger partial charge in [0.25, 0.3) is 0 Å². The molecule has 140 valence electrons. The first-order valence-corrected chi connectivity index (χ1v) is 8.80. The Bertz CT molecular complexity index is 402. The Balaban J connectivity index is 4.10. The molecule has 0 bridgehead atoms. The van der Waals surface area contributed by atoms with Crippen molar-refractivity contribution in [1.82, 2.24) is 0 Å². The number of ether oxygens (including phenoxy) is 2. The topological polar surface area (TPSA) is 89.9 Å². The van der Waals surface area contributed by atoms with Gasteiger partial charge in [-0.2, -0.15) is 0 Å². The molecule has 0 rings (SSSR count). The highest BCUT2D eigenvalue weighted by Gasteiger charge is 2.27. The molecule has 0 heterocycles. The summed E-state index contributed by atoms with van der Waals surface area (Å²) in [6.07, 6.45) is 4.20. The van der Waals surface area contributed by atoms with Crippen LogP contribution in [0, 0.1) is 11.3 Å². The number of aliphatic carboxylic acids is 1. The van der Waals surface area contributed by atoms with Crippen LogP contribution in [-0.2, 0) is 23.9 Å². The fourth-order valence-electron chi connectivity index (χ4n) is 2.01. The molecule has 0 aromatic heterocycles. The largest absolute Gasteiger partial charge is 0.481 e. The predicted molar refractivity (Wildman–Crippen MR) is 90.5 cm³/mol. The third kappa shape index (κ3) is 9.53. The van der Waals surface area contributed by atoms with E-state index in [1.54, 1.807) is 0 Å². The summed E-state index contributed by atoms with van der Waals surface area (Å²) >= 11 is 0. The Morgan fingerprint density at radius 1 is 1.00 bits per heavy atom. The zero-order valence-electron chi connectivity index (χ0n) is 15.4. The zero-order chi connectivity index (χ0) is 18.6. The van der Waals surface area contributed by atoms with Gasteiger partial charge in [-0.1, -0.05) is 33.1 Å². The SMILES string of the molecule is CCCCCC(CC(=O)O)C(=O)OCCCOC(=O)C(C)(C)CC. The molecule has 0 aromatic rings. The molecule has 0 aromatic carbocycles. The van der Waals surface area contributed by atoms with E-state index in [2.05, 4.69) is 0 Å². The second-order valence-electron chi connectivity index (χ2n) is 6.68. The van der Waals surface area contributed by atoms with E-state index < -0.39 is 23.3 Å². The van der Waals surface area contributed by atoms with Gasteiger partial charge in [-0.3, -0.25) is 14.4 Å². The van der Waals surface area contributed by atoms with E-state index in [4.69, 9.17) is 14.6 Å². The van der Waals surface area contributed by atoms with Gasteiger partial charge in [0.1, 0.15) is 0 Å². The van der Waals surface area contributed by atoms with Crippen molar-refractivity contribution >= 4 is 17.9 Å². The van der Waals surface area contributed by atoms with Crippen LogP contribution in [0.4, 0.5) is 0 Å². The van der Waals surface area contributed by atoms with Crippen LogP contribution < -0.4 is 0 Å². The lowest BCUT2D eigenvalue weighted by molar-refractivity contribution is -0.156. The number of unbranched alkanes of at least 4 members (excludes halogenated alkanes) is 2. The summed E-state index contributed by atoms with van der Waals surface area (Å²) in [4.78, 5) is 34.6. The summed E-state index contributed by atoms with van der Waals surface area (Å²) in [5.41, 5.74) is -0.511. The molecule has 0 fully saturated rings. The predicted octanol–water partition coefficient (Wildman–Crippen LogP) is 3.57. The van der Waals surface area contributed by atoms with Crippen LogP contribution >= 0.6 is 0 Å². The van der Waals surface area contributed by atoms with Crippen LogP contribution in [0.3, 0.4) is 0 Å². The summed E-state index contributed by atoms with van der Waals surface area (Å²) in [5, 5.41) is 8.89. The van der Waals surface area contributed by atoms with Gasteiger partial charge >= 0.3 is 17.9 Å². The number of carbonyl (C=O) groups is 3. The number of carboxylic acids is 1. The van der Waals surface area contributed by atoms with Gasteiger partial charge in [0, 0.05) is 6.42 Å². The van der Waals surface area contributed by atoms with Crippen molar-refractivity contribution in [2.24, 2.45) is 11.3 Å². The minimum atomic E-state index is -0.996. The van der Waals surface area contributed by atoms with Crippen molar-refractivity contribution in [3.8, 4) is 0 Å². The molecule has 6 nitrogen and oxygen atoms in total. The number of carbonyl (C=O) groups excluding carboxylic acids is 2. The van der Waals surface area contributed by atoms with E-state index in [9.17, 15) is 14.4 Å². The molecular weight excluding hydrogens is 312 g/mol. The molecule has 0 saturated carbocycles. The smallest absolute Gasteiger partial charge is 0.311 e. The Labute approximate surface area is 144 Å². The number of hydrogen-bond acceptors (Lipinski definition) is 5. The standard InChI is InChI=1S/C18H32O6/c1-5-7-8-10-14(13-15(19)20)16(21)23-11-9-12-24-17(22)18(3,4)6-2/h14H,5-13H2,1-4H3,(H,19,20). The lowest BCUT2D eigenvalue weighted by atomic mass is 9.91. The molecule has 0 aliphatic carbocycles. The van der Waals surface area contributed by atoms with Crippen molar-refractivity contribution in [2.45, 2.75) is 72.6 Å². The van der Waals surface area contributed by atoms with Crippen LogP contribution in [0.15, 0.2) is 0 Å². The summed E-state index contributed by atoms with van der Waals surface area (Å²) in [7, 11) is 0. The molecule has 0 radical (unpaired) electrons. The Morgan fingerprint density at radius 3 is 2.17 bits per heavy atom. The third-order valence-corrected chi connectivity index (χ3v) is 4.11. The highest BCUT2D eigenvalue weighted by Crippen LogP contribution is 2.21. The van der Waals surface area contributed by atoms with Crippen LogP contribution in [0.2, 0.25) is 0 Å². The van der Waals surface area contributed by atoms with E-state index in [0.717, 1.165) is 19.3 Å². The van der Waals surface area contributed by atoms with Gasteiger partial charge in [-0.25, -0.2) is 0 Å². The fraction of sp³-hybridized carbons (Fsp3) is 0.833. The van der Waals surface area contributed by atoms with Gasteiger partial charge < -0.3 is 14.6 Å². The van der Waals surface area contributed by atoms with Crippen molar-refractivity contribution in [1.29, 1.82) is 0 Å². The van der Waals surface area contributed by atoms with E-state index in [1.807, 2.05) is 27.7 Å². The molecular formula is C18H32O6. The maximum atomic E-state index is 12.0. The summed E-state index contributed by atoms with van der Waals surface area (Å²) in [6.45, 7) is 7.93. The van der Waals surface area contributed by atoms with Gasteiger partial charge in [0.05, 0.1) is 31.0 Å². The van der Waals surface area contributed by atoms with Crippen LogP contribution in [0.1, 0.15) is 72.6 Å². The zero-order valence-corrected chi connectivity index (χ0v) is 15.4.